The Bertz CT molecular complexity index is 833. The van der Waals surface area contributed by atoms with Gasteiger partial charge in [0.25, 0.3) is 0 Å². The van der Waals surface area contributed by atoms with E-state index in [-0.39, 0.29) is 18.4 Å². The smallest absolute Gasteiger partial charge is 0.243 e. The highest BCUT2D eigenvalue weighted by molar-refractivity contribution is 6.42. The maximum Gasteiger partial charge on any atom is 0.243 e. The molecule has 0 fully saturated rings. The van der Waals surface area contributed by atoms with E-state index in [9.17, 15) is 9.59 Å². The molecular formula is C18H22Cl2N4O2. The minimum atomic E-state index is -0.298. The molecule has 0 bridgehead atoms. The first kappa shape index (κ1) is 20.3. The van der Waals surface area contributed by atoms with Crippen molar-refractivity contribution < 1.29 is 9.59 Å². The van der Waals surface area contributed by atoms with Crippen molar-refractivity contribution in [1.82, 2.24) is 14.7 Å². The van der Waals surface area contributed by atoms with Gasteiger partial charge in [0.1, 0.15) is 0 Å². The highest BCUT2D eigenvalue weighted by Crippen LogP contribution is 2.25. The lowest BCUT2D eigenvalue weighted by Crippen LogP contribution is -2.35. The Morgan fingerprint density at radius 1 is 1.23 bits per heavy atom. The number of aryl methyl sites for hydroxylation is 2. The van der Waals surface area contributed by atoms with Crippen LogP contribution in [0.25, 0.3) is 0 Å². The molecule has 2 amide bonds. The zero-order chi connectivity index (χ0) is 19.4. The number of hydrogen-bond donors (Lipinski definition) is 1. The fourth-order valence-electron chi connectivity index (χ4n) is 2.68. The fraction of sp³-hybridized carbons (Fsp3) is 0.389. The van der Waals surface area contributed by atoms with Crippen molar-refractivity contribution in [2.45, 2.75) is 26.7 Å². The third-order valence-corrected chi connectivity index (χ3v) is 5.00. The molecule has 1 heterocycles. The molecule has 26 heavy (non-hydrogen) atoms. The van der Waals surface area contributed by atoms with Crippen LogP contribution in [0.1, 0.15) is 23.4 Å². The molecule has 0 unspecified atom stereocenters. The number of nitrogens with zero attached hydrogens (tertiary/aromatic N) is 3. The SMILES string of the molecule is Cc1nn(C)c(C)c1CCC(=O)N(C)CC(=O)Nc1ccc(Cl)c(Cl)c1. The summed E-state index contributed by atoms with van der Waals surface area (Å²) in [6, 6.07) is 4.83. The summed E-state index contributed by atoms with van der Waals surface area (Å²) < 4.78 is 1.81. The minimum Gasteiger partial charge on any atom is -0.336 e. The number of likely N-dealkylation sites (N-methyl/N-ethyl adjacent to an activating group) is 1. The monoisotopic (exact) mass is 396 g/mol. The van der Waals surface area contributed by atoms with E-state index in [4.69, 9.17) is 23.2 Å². The topological polar surface area (TPSA) is 67.2 Å². The van der Waals surface area contributed by atoms with Gasteiger partial charge in [0, 0.05) is 31.9 Å². The van der Waals surface area contributed by atoms with E-state index in [1.54, 1.807) is 25.2 Å². The molecule has 8 heteroatoms. The first-order chi connectivity index (χ1) is 12.2. The summed E-state index contributed by atoms with van der Waals surface area (Å²) in [6.45, 7) is 3.87. The largest absolute Gasteiger partial charge is 0.336 e. The van der Waals surface area contributed by atoms with Crippen molar-refractivity contribution in [1.29, 1.82) is 0 Å². The van der Waals surface area contributed by atoms with Crippen LogP contribution in [-0.2, 0) is 23.1 Å². The number of aromatic nitrogens is 2. The number of nitrogens with one attached hydrogen (secondary N) is 1. The Morgan fingerprint density at radius 3 is 2.50 bits per heavy atom. The zero-order valence-electron chi connectivity index (χ0n) is 15.3. The fourth-order valence-corrected chi connectivity index (χ4v) is 2.98. The van der Waals surface area contributed by atoms with Gasteiger partial charge in [-0.2, -0.15) is 5.10 Å². The van der Waals surface area contributed by atoms with Gasteiger partial charge in [0.15, 0.2) is 0 Å². The first-order valence-electron chi connectivity index (χ1n) is 8.17. The summed E-state index contributed by atoms with van der Waals surface area (Å²) >= 11 is 11.8. The Kier molecular flexibility index (Phi) is 6.67. The number of benzene rings is 1. The Labute approximate surface area is 163 Å². The van der Waals surface area contributed by atoms with Gasteiger partial charge in [0.05, 0.1) is 22.3 Å². The highest BCUT2D eigenvalue weighted by Gasteiger charge is 2.16. The van der Waals surface area contributed by atoms with Crippen LogP contribution < -0.4 is 5.32 Å². The number of halogens is 2. The van der Waals surface area contributed by atoms with Crippen LogP contribution in [0.4, 0.5) is 5.69 Å². The molecule has 2 rings (SSSR count). The third-order valence-electron chi connectivity index (χ3n) is 4.26. The molecule has 0 saturated carbocycles. The van der Waals surface area contributed by atoms with Crippen molar-refractivity contribution in [2.75, 3.05) is 18.9 Å². The minimum absolute atomic E-state index is 0.0376. The van der Waals surface area contributed by atoms with Gasteiger partial charge >= 0.3 is 0 Å². The second kappa shape index (κ2) is 8.56. The summed E-state index contributed by atoms with van der Waals surface area (Å²) in [5.41, 5.74) is 3.59. The van der Waals surface area contributed by atoms with E-state index in [0.717, 1.165) is 17.0 Å². The van der Waals surface area contributed by atoms with Crippen LogP contribution in [-0.4, -0.2) is 40.1 Å². The van der Waals surface area contributed by atoms with Gasteiger partial charge in [-0.25, -0.2) is 0 Å². The van der Waals surface area contributed by atoms with Crippen molar-refractivity contribution in [3.05, 3.63) is 45.2 Å². The van der Waals surface area contributed by atoms with E-state index in [1.807, 2.05) is 25.6 Å². The standard InChI is InChI=1S/C18H22Cl2N4O2/c1-11-14(12(2)24(4)22-11)6-8-18(26)23(3)10-17(25)21-13-5-7-15(19)16(20)9-13/h5,7,9H,6,8,10H2,1-4H3,(H,21,25). The molecule has 0 aliphatic rings. The summed E-state index contributed by atoms with van der Waals surface area (Å²) in [4.78, 5) is 25.8. The number of carbonyl (C=O) groups excluding carboxylic acids is 2. The Hall–Kier alpha value is -2.05. The molecule has 2 aromatic rings. The van der Waals surface area contributed by atoms with Gasteiger partial charge < -0.3 is 10.2 Å². The summed E-state index contributed by atoms with van der Waals surface area (Å²) in [7, 11) is 3.49. The molecule has 140 valence electrons. The maximum absolute atomic E-state index is 12.3. The van der Waals surface area contributed by atoms with Gasteiger partial charge in [0.2, 0.25) is 11.8 Å². The van der Waals surface area contributed by atoms with Crippen LogP contribution in [0.2, 0.25) is 10.0 Å². The molecule has 0 radical (unpaired) electrons. The highest BCUT2D eigenvalue weighted by atomic mass is 35.5. The number of anilines is 1. The molecule has 0 aliphatic heterocycles. The van der Waals surface area contributed by atoms with Crippen molar-refractivity contribution in [3.63, 3.8) is 0 Å². The predicted octanol–water partition coefficient (Wildman–Crippen LogP) is 3.37. The van der Waals surface area contributed by atoms with E-state index in [2.05, 4.69) is 10.4 Å². The molecular weight excluding hydrogens is 375 g/mol. The second-order valence-corrected chi connectivity index (χ2v) is 7.01. The first-order valence-corrected chi connectivity index (χ1v) is 8.92. The van der Waals surface area contributed by atoms with Gasteiger partial charge in [-0.15, -0.1) is 0 Å². The zero-order valence-corrected chi connectivity index (χ0v) is 16.8. The molecule has 0 aliphatic carbocycles. The summed E-state index contributed by atoms with van der Waals surface area (Å²) in [5, 5.41) is 7.82. The Morgan fingerprint density at radius 2 is 1.92 bits per heavy atom. The molecule has 0 saturated heterocycles. The molecule has 1 aromatic carbocycles. The van der Waals surface area contributed by atoms with Crippen LogP contribution in [0.5, 0.6) is 0 Å². The van der Waals surface area contributed by atoms with E-state index < -0.39 is 0 Å². The third kappa shape index (κ3) is 4.99. The van der Waals surface area contributed by atoms with Crippen LogP contribution in [0.15, 0.2) is 18.2 Å². The number of amides is 2. The molecule has 1 aromatic heterocycles. The predicted molar refractivity (Wildman–Crippen MR) is 104 cm³/mol. The van der Waals surface area contributed by atoms with Crippen LogP contribution >= 0.6 is 23.2 Å². The van der Waals surface area contributed by atoms with Crippen molar-refractivity contribution in [2.24, 2.45) is 7.05 Å². The van der Waals surface area contributed by atoms with E-state index in [1.165, 1.54) is 4.90 Å². The quantitative estimate of drug-likeness (QED) is 0.813. The second-order valence-electron chi connectivity index (χ2n) is 6.20. The van der Waals surface area contributed by atoms with E-state index >= 15 is 0 Å². The normalized spacial score (nSPS) is 10.7. The summed E-state index contributed by atoms with van der Waals surface area (Å²) in [5.74, 6) is -0.398. The van der Waals surface area contributed by atoms with E-state index in [0.29, 0.717) is 28.6 Å². The van der Waals surface area contributed by atoms with Crippen molar-refractivity contribution in [3.8, 4) is 0 Å². The molecule has 0 spiro atoms. The average molecular weight is 397 g/mol. The lowest BCUT2D eigenvalue weighted by molar-refractivity contribution is -0.133. The Balaban J connectivity index is 1.87. The van der Waals surface area contributed by atoms with Crippen molar-refractivity contribution >= 4 is 40.7 Å². The lowest BCUT2D eigenvalue weighted by atomic mass is 10.1. The average Bonchev–Trinajstić information content (AvgIpc) is 2.81. The lowest BCUT2D eigenvalue weighted by Gasteiger charge is -2.17. The molecule has 0 atom stereocenters. The maximum atomic E-state index is 12.3. The van der Waals surface area contributed by atoms with Crippen LogP contribution in [0, 0.1) is 13.8 Å². The number of rotatable bonds is 6. The summed E-state index contributed by atoms with van der Waals surface area (Å²) in [6.07, 6.45) is 0.924. The van der Waals surface area contributed by atoms with Gasteiger partial charge in [-0.3, -0.25) is 14.3 Å². The van der Waals surface area contributed by atoms with Gasteiger partial charge in [-0.1, -0.05) is 23.2 Å². The molecule has 6 nitrogen and oxygen atoms in total. The number of hydrogen-bond acceptors (Lipinski definition) is 3. The van der Waals surface area contributed by atoms with Crippen LogP contribution in [0.3, 0.4) is 0 Å². The molecule has 1 N–H and O–H groups in total. The number of carbonyl (C=O) groups is 2. The van der Waals surface area contributed by atoms with Gasteiger partial charge in [-0.05, 0) is 44.0 Å².